The summed E-state index contributed by atoms with van der Waals surface area (Å²) < 4.78 is 0. The number of hydrogen-bond donors (Lipinski definition) is 3. The lowest BCUT2D eigenvalue weighted by atomic mass is 10.2. The van der Waals surface area contributed by atoms with Crippen molar-refractivity contribution in [1.29, 1.82) is 0 Å². The van der Waals surface area contributed by atoms with Gasteiger partial charge in [-0.05, 0) is 55.0 Å². The van der Waals surface area contributed by atoms with Crippen LogP contribution < -0.4 is 16.4 Å². The largest absolute Gasteiger partial charge is 0.366 e. The van der Waals surface area contributed by atoms with E-state index in [2.05, 4.69) is 10.6 Å². The van der Waals surface area contributed by atoms with Crippen molar-refractivity contribution in [1.82, 2.24) is 0 Å². The maximum absolute atomic E-state index is 11.1. The van der Waals surface area contributed by atoms with Gasteiger partial charge in [-0.2, -0.15) is 0 Å². The van der Waals surface area contributed by atoms with Gasteiger partial charge in [0.05, 0.1) is 0 Å². The summed E-state index contributed by atoms with van der Waals surface area (Å²) in [5, 5.41) is 7.08. The van der Waals surface area contributed by atoms with E-state index >= 15 is 0 Å². The number of aryl methyl sites for hydroxylation is 1. The Morgan fingerprint density at radius 3 is 2.43 bits per heavy atom. The molecule has 0 saturated heterocycles. The molecule has 21 heavy (non-hydrogen) atoms. The highest BCUT2D eigenvalue weighted by atomic mass is 35.5. The van der Waals surface area contributed by atoms with Crippen LogP contribution in [0.25, 0.3) is 0 Å². The van der Waals surface area contributed by atoms with E-state index in [0.29, 0.717) is 21.4 Å². The predicted molar refractivity (Wildman–Crippen MR) is 91.0 cm³/mol. The molecule has 0 aromatic heterocycles. The molecule has 0 spiro atoms. The predicted octanol–water partition coefficient (Wildman–Crippen LogP) is 3.56. The second kappa shape index (κ2) is 6.56. The molecule has 2 aromatic carbocycles. The molecule has 6 heteroatoms. The summed E-state index contributed by atoms with van der Waals surface area (Å²) in [4.78, 5) is 11.1. The number of primary amides is 1. The van der Waals surface area contributed by atoms with Crippen LogP contribution in [0.1, 0.15) is 15.9 Å². The molecule has 0 atom stereocenters. The van der Waals surface area contributed by atoms with Gasteiger partial charge in [0.2, 0.25) is 5.91 Å². The van der Waals surface area contributed by atoms with Gasteiger partial charge in [0.25, 0.3) is 0 Å². The normalized spacial score (nSPS) is 10.0. The SMILES string of the molecule is Cc1ccc(NC(=S)Nc2cccc(C(N)=O)c2)cc1Cl. The lowest BCUT2D eigenvalue weighted by Crippen LogP contribution is -2.19. The smallest absolute Gasteiger partial charge is 0.248 e. The summed E-state index contributed by atoms with van der Waals surface area (Å²) in [6, 6.07) is 12.4. The van der Waals surface area contributed by atoms with E-state index < -0.39 is 5.91 Å². The highest BCUT2D eigenvalue weighted by Gasteiger charge is 2.04. The van der Waals surface area contributed by atoms with Crippen LogP contribution in [-0.2, 0) is 0 Å². The molecule has 0 bridgehead atoms. The molecule has 2 rings (SSSR count). The molecule has 4 nitrogen and oxygen atoms in total. The Labute approximate surface area is 133 Å². The summed E-state index contributed by atoms with van der Waals surface area (Å²) in [6.07, 6.45) is 0. The minimum Gasteiger partial charge on any atom is -0.366 e. The second-order valence-corrected chi connectivity index (χ2v) is 5.30. The Bertz CT molecular complexity index is 703. The molecule has 4 N–H and O–H groups in total. The van der Waals surface area contributed by atoms with Gasteiger partial charge >= 0.3 is 0 Å². The van der Waals surface area contributed by atoms with Crippen molar-refractivity contribution in [3.8, 4) is 0 Å². The summed E-state index contributed by atoms with van der Waals surface area (Å²) >= 11 is 11.3. The van der Waals surface area contributed by atoms with Gasteiger partial charge in [-0.3, -0.25) is 4.79 Å². The highest BCUT2D eigenvalue weighted by Crippen LogP contribution is 2.20. The molecule has 0 saturated carbocycles. The molecular weight excluding hydrogens is 306 g/mol. The summed E-state index contributed by atoms with van der Waals surface area (Å²) in [5.74, 6) is -0.483. The van der Waals surface area contributed by atoms with Crippen LogP contribution in [0.15, 0.2) is 42.5 Å². The van der Waals surface area contributed by atoms with Crippen LogP contribution in [0.4, 0.5) is 11.4 Å². The Morgan fingerprint density at radius 1 is 1.14 bits per heavy atom. The third-order valence-electron chi connectivity index (χ3n) is 2.83. The number of rotatable bonds is 3. The number of carbonyl (C=O) groups excluding carboxylic acids is 1. The Balaban J connectivity index is 2.06. The Morgan fingerprint density at radius 2 is 1.81 bits per heavy atom. The number of nitrogens with one attached hydrogen (secondary N) is 2. The lowest BCUT2D eigenvalue weighted by Gasteiger charge is -2.12. The zero-order chi connectivity index (χ0) is 15.4. The van der Waals surface area contributed by atoms with Gasteiger partial charge in [-0.25, -0.2) is 0 Å². The zero-order valence-corrected chi connectivity index (χ0v) is 12.9. The summed E-state index contributed by atoms with van der Waals surface area (Å²) in [5.41, 5.74) is 8.12. The van der Waals surface area contributed by atoms with Gasteiger partial charge in [0, 0.05) is 22.0 Å². The number of amides is 1. The van der Waals surface area contributed by atoms with Crippen LogP contribution in [-0.4, -0.2) is 11.0 Å². The minimum absolute atomic E-state index is 0.400. The topological polar surface area (TPSA) is 67.2 Å². The van der Waals surface area contributed by atoms with Gasteiger partial charge in [-0.15, -0.1) is 0 Å². The van der Waals surface area contributed by atoms with Crippen molar-refractivity contribution in [2.75, 3.05) is 10.6 Å². The number of benzene rings is 2. The number of halogens is 1. The molecule has 0 unspecified atom stereocenters. The first-order chi connectivity index (χ1) is 9.95. The molecule has 0 radical (unpaired) electrons. The van der Waals surface area contributed by atoms with E-state index in [1.54, 1.807) is 30.3 Å². The summed E-state index contributed by atoms with van der Waals surface area (Å²) in [7, 11) is 0. The average Bonchev–Trinajstić information content (AvgIpc) is 2.43. The molecule has 0 heterocycles. The first-order valence-corrected chi connectivity index (χ1v) is 6.98. The van der Waals surface area contributed by atoms with Gasteiger partial charge in [0.1, 0.15) is 0 Å². The number of nitrogens with two attached hydrogens (primary N) is 1. The van der Waals surface area contributed by atoms with Gasteiger partial charge < -0.3 is 16.4 Å². The standard InChI is InChI=1S/C15H14ClN3OS/c1-9-5-6-12(8-13(9)16)19-15(21)18-11-4-2-3-10(7-11)14(17)20/h2-8H,1H3,(H2,17,20)(H2,18,19,21). The van der Waals surface area contributed by atoms with E-state index in [1.807, 2.05) is 19.1 Å². The third-order valence-corrected chi connectivity index (χ3v) is 3.45. The molecule has 2 aromatic rings. The van der Waals surface area contributed by atoms with Crippen molar-refractivity contribution in [2.24, 2.45) is 5.73 Å². The van der Waals surface area contributed by atoms with Crippen LogP contribution in [0.2, 0.25) is 5.02 Å². The van der Waals surface area contributed by atoms with Crippen LogP contribution >= 0.6 is 23.8 Å². The van der Waals surface area contributed by atoms with Crippen molar-refractivity contribution in [3.05, 3.63) is 58.6 Å². The summed E-state index contributed by atoms with van der Waals surface area (Å²) in [6.45, 7) is 1.93. The van der Waals surface area contributed by atoms with Crippen molar-refractivity contribution >= 4 is 46.2 Å². The molecular formula is C15H14ClN3OS. The lowest BCUT2D eigenvalue weighted by molar-refractivity contribution is 0.100. The second-order valence-electron chi connectivity index (χ2n) is 4.49. The monoisotopic (exact) mass is 319 g/mol. The first-order valence-electron chi connectivity index (χ1n) is 6.20. The number of anilines is 2. The molecule has 0 aliphatic heterocycles. The third kappa shape index (κ3) is 4.18. The van der Waals surface area contributed by atoms with Crippen molar-refractivity contribution in [2.45, 2.75) is 6.92 Å². The Kier molecular flexibility index (Phi) is 4.77. The quantitative estimate of drug-likeness (QED) is 0.757. The molecule has 1 amide bonds. The first kappa shape index (κ1) is 15.3. The molecule has 108 valence electrons. The van der Waals surface area contributed by atoms with E-state index in [9.17, 15) is 4.79 Å². The zero-order valence-electron chi connectivity index (χ0n) is 11.3. The van der Waals surface area contributed by atoms with Crippen LogP contribution in [0.3, 0.4) is 0 Å². The van der Waals surface area contributed by atoms with Crippen LogP contribution in [0.5, 0.6) is 0 Å². The fraction of sp³-hybridized carbons (Fsp3) is 0.0667. The molecule has 0 fully saturated rings. The van der Waals surface area contributed by atoms with E-state index in [1.165, 1.54) is 0 Å². The van der Waals surface area contributed by atoms with Gasteiger partial charge in [-0.1, -0.05) is 23.7 Å². The Hall–Kier alpha value is -2.11. The average molecular weight is 320 g/mol. The van der Waals surface area contributed by atoms with Gasteiger partial charge in [0.15, 0.2) is 5.11 Å². The fourth-order valence-electron chi connectivity index (χ4n) is 1.71. The van der Waals surface area contributed by atoms with E-state index in [4.69, 9.17) is 29.6 Å². The maximum atomic E-state index is 11.1. The van der Waals surface area contributed by atoms with Crippen molar-refractivity contribution in [3.63, 3.8) is 0 Å². The number of carbonyl (C=O) groups is 1. The van der Waals surface area contributed by atoms with Crippen LogP contribution in [0, 0.1) is 6.92 Å². The fourth-order valence-corrected chi connectivity index (χ4v) is 2.13. The molecule has 0 aliphatic rings. The van der Waals surface area contributed by atoms with Crippen molar-refractivity contribution < 1.29 is 4.79 Å². The minimum atomic E-state index is -0.483. The molecule has 0 aliphatic carbocycles. The van der Waals surface area contributed by atoms with E-state index in [0.717, 1.165) is 11.3 Å². The maximum Gasteiger partial charge on any atom is 0.248 e. The number of hydrogen-bond acceptors (Lipinski definition) is 2. The highest BCUT2D eigenvalue weighted by molar-refractivity contribution is 7.80. The van der Waals surface area contributed by atoms with E-state index in [-0.39, 0.29) is 0 Å². The number of thiocarbonyl (C=S) groups is 1.